The molecule has 0 aliphatic heterocycles. The lowest BCUT2D eigenvalue weighted by molar-refractivity contribution is 0.0176. The molecule has 92 valence electrons. The third kappa shape index (κ3) is 6.96. The Morgan fingerprint density at radius 2 is 1.87 bits per heavy atom. The van der Waals surface area contributed by atoms with Gasteiger partial charge in [0.1, 0.15) is 0 Å². The zero-order chi connectivity index (χ0) is 11.7. The summed E-state index contributed by atoms with van der Waals surface area (Å²) in [5.41, 5.74) is 0. The van der Waals surface area contributed by atoms with Crippen molar-refractivity contribution >= 4 is 8.80 Å². The van der Waals surface area contributed by atoms with Gasteiger partial charge in [0, 0.05) is 20.3 Å². The minimum Gasteiger partial charge on any atom is -0.394 e. The van der Waals surface area contributed by atoms with Gasteiger partial charge in [-0.2, -0.15) is 0 Å². The number of hydrogen-bond donors (Lipinski definition) is 3. The summed E-state index contributed by atoms with van der Waals surface area (Å²) in [6, 6.07) is 0.281. The average Bonchev–Trinajstić information content (AvgIpc) is 2.26. The molecule has 0 saturated carbocycles. The Kier molecular flexibility index (Phi) is 8.15. The SMILES string of the molecule is CO[Si](O)(CCC(O)COCCO)OC. The topological polar surface area (TPSA) is 88.4 Å². The minimum absolute atomic E-state index is 0.0679. The lowest BCUT2D eigenvalue weighted by atomic mass is 10.3. The number of aliphatic hydroxyl groups excluding tert-OH is 2. The fourth-order valence-corrected chi connectivity index (χ4v) is 2.28. The Hall–Kier alpha value is -0.0231. The number of ether oxygens (including phenoxy) is 1. The van der Waals surface area contributed by atoms with E-state index in [0.29, 0.717) is 6.42 Å². The molecular formula is C8H20O6Si. The van der Waals surface area contributed by atoms with E-state index in [1.807, 2.05) is 0 Å². The maximum absolute atomic E-state index is 9.65. The standard InChI is InChI=1S/C8H20O6Si/c1-12-15(11,13-2)6-3-8(10)7-14-5-4-9/h8-11H,3-7H2,1-2H3. The maximum Gasteiger partial charge on any atom is 0.497 e. The molecule has 7 heteroatoms. The largest absolute Gasteiger partial charge is 0.497 e. The van der Waals surface area contributed by atoms with E-state index in [-0.39, 0.29) is 25.9 Å². The molecule has 0 aromatic heterocycles. The van der Waals surface area contributed by atoms with Crippen molar-refractivity contribution in [2.24, 2.45) is 0 Å². The summed E-state index contributed by atoms with van der Waals surface area (Å²) in [7, 11) is -0.314. The van der Waals surface area contributed by atoms with Crippen molar-refractivity contribution < 1.29 is 28.6 Å². The molecule has 0 heterocycles. The van der Waals surface area contributed by atoms with E-state index in [1.165, 1.54) is 14.2 Å². The molecule has 0 spiro atoms. The highest BCUT2D eigenvalue weighted by Crippen LogP contribution is 2.12. The van der Waals surface area contributed by atoms with Crippen molar-refractivity contribution in [2.45, 2.75) is 18.6 Å². The highest BCUT2D eigenvalue weighted by atomic mass is 28.4. The van der Waals surface area contributed by atoms with E-state index in [9.17, 15) is 9.90 Å². The minimum atomic E-state index is -3.07. The van der Waals surface area contributed by atoms with Gasteiger partial charge in [-0.05, 0) is 6.42 Å². The van der Waals surface area contributed by atoms with Gasteiger partial charge < -0.3 is 28.6 Å². The molecule has 0 aromatic carbocycles. The third-order valence-electron chi connectivity index (χ3n) is 1.98. The van der Waals surface area contributed by atoms with Crippen LogP contribution in [0.2, 0.25) is 6.04 Å². The van der Waals surface area contributed by atoms with Gasteiger partial charge in [-0.3, -0.25) is 0 Å². The van der Waals surface area contributed by atoms with E-state index < -0.39 is 14.9 Å². The first-order chi connectivity index (χ1) is 7.08. The van der Waals surface area contributed by atoms with Crippen molar-refractivity contribution in [2.75, 3.05) is 34.0 Å². The van der Waals surface area contributed by atoms with Crippen LogP contribution in [-0.4, -0.2) is 64.0 Å². The first kappa shape index (κ1) is 15.0. The summed E-state index contributed by atoms with van der Waals surface area (Å²) in [6.07, 6.45) is -0.337. The quantitative estimate of drug-likeness (QED) is 0.353. The first-order valence-electron chi connectivity index (χ1n) is 4.77. The summed E-state index contributed by atoms with van der Waals surface area (Å²) in [4.78, 5) is 9.65. The number of rotatable bonds is 9. The number of hydrogen-bond acceptors (Lipinski definition) is 6. The molecule has 0 aliphatic carbocycles. The summed E-state index contributed by atoms with van der Waals surface area (Å²) in [5, 5.41) is 17.9. The summed E-state index contributed by atoms with van der Waals surface area (Å²) < 4.78 is 14.6. The second-order valence-electron chi connectivity index (χ2n) is 3.11. The van der Waals surface area contributed by atoms with Crippen LogP contribution in [-0.2, 0) is 13.6 Å². The zero-order valence-corrected chi connectivity index (χ0v) is 10.2. The second-order valence-corrected chi connectivity index (χ2v) is 5.85. The van der Waals surface area contributed by atoms with E-state index >= 15 is 0 Å². The van der Waals surface area contributed by atoms with Crippen molar-refractivity contribution in [3.05, 3.63) is 0 Å². The molecule has 0 rings (SSSR count). The molecule has 0 amide bonds. The van der Waals surface area contributed by atoms with Crippen LogP contribution in [0.4, 0.5) is 0 Å². The Balaban J connectivity index is 3.64. The molecule has 1 atom stereocenters. The molecular weight excluding hydrogens is 220 g/mol. The molecule has 0 aromatic rings. The van der Waals surface area contributed by atoms with Crippen molar-refractivity contribution in [3.63, 3.8) is 0 Å². The molecule has 6 nitrogen and oxygen atoms in total. The molecule has 0 saturated heterocycles. The Morgan fingerprint density at radius 3 is 2.33 bits per heavy atom. The monoisotopic (exact) mass is 240 g/mol. The van der Waals surface area contributed by atoms with Gasteiger partial charge in [0.25, 0.3) is 0 Å². The molecule has 1 unspecified atom stereocenters. The molecule has 0 radical (unpaired) electrons. The maximum atomic E-state index is 9.65. The van der Waals surface area contributed by atoms with Crippen molar-refractivity contribution in [1.29, 1.82) is 0 Å². The third-order valence-corrected chi connectivity index (χ3v) is 4.17. The van der Waals surface area contributed by atoms with Crippen LogP contribution >= 0.6 is 0 Å². The van der Waals surface area contributed by atoms with Gasteiger partial charge in [-0.1, -0.05) is 0 Å². The van der Waals surface area contributed by atoms with Gasteiger partial charge in [0.15, 0.2) is 0 Å². The molecule has 0 aliphatic rings. The second kappa shape index (κ2) is 8.17. The Morgan fingerprint density at radius 1 is 1.27 bits per heavy atom. The summed E-state index contributed by atoms with van der Waals surface area (Å²) in [6.45, 7) is 0.271. The molecule has 3 N–H and O–H groups in total. The van der Waals surface area contributed by atoms with Crippen LogP contribution in [0, 0.1) is 0 Å². The van der Waals surface area contributed by atoms with Gasteiger partial charge >= 0.3 is 8.80 Å². The highest BCUT2D eigenvalue weighted by Gasteiger charge is 2.34. The fourth-order valence-electron chi connectivity index (χ4n) is 1.00. The van der Waals surface area contributed by atoms with Gasteiger partial charge in [-0.15, -0.1) is 0 Å². The van der Waals surface area contributed by atoms with Crippen molar-refractivity contribution in [1.82, 2.24) is 0 Å². The summed E-state index contributed by atoms with van der Waals surface area (Å²) >= 11 is 0. The van der Waals surface area contributed by atoms with E-state index in [2.05, 4.69) is 0 Å². The van der Waals surface area contributed by atoms with Crippen LogP contribution in [0.25, 0.3) is 0 Å². The van der Waals surface area contributed by atoms with E-state index in [4.69, 9.17) is 18.7 Å². The van der Waals surface area contributed by atoms with Gasteiger partial charge in [0.2, 0.25) is 0 Å². The van der Waals surface area contributed by atoms with Gasteiger partial charge in [-0.25, -0.2) is 0 Å². The van der Waals surface area contributed by atoms with E-state index in [0.717, 1.165) is 0 Å². The lowest BCUT2D eigenvalue weighted by Crippen LogP contribution is -2.41. The predicted octanol–water partition coefficient (Wildman–Crippen LogP) is -1.03. The lowest BCUT2D eigenvalue weighted by Gasteiger charge is -2.20. The van der Waals surface area contributed by atoms with Gasteiger partial charge in [0.05, 0.1) is 25.9 Å². The van der Waals surface area contributed by atoms with Crippen LogP contribution in [0.3, 0.4) is 0 Å². The van der Waals surface area contributed by atoms with Crippen molar-refractivity contribution in [3.8, 4) is 0 Å². The molecule has 0 bridgehead atoms. The van der Waals surface area contributed by atoms with Crippen LogP contribution in [0.15, 0.2) is 0 Å². The highest BCUT2D eigenvalue weighted by molar-refractivity contribution is 6.59. The summed E-state index contributed by atoms with van der Waals surface area (Å²) in [5.74, 6) is 0. The Labute approximate surface area is 90.8 Å². The van der Waals surface area contributed by atoms with Crippen LogP contribution in [0.5, 0.6) is 0 Å². The predicted molar refractivity (Wildman–Crippen MR) is 55.3 cm³/mol. The fraction of sp³-hybridized carbons (Fsp3) is 1.00. The smallest absolute Gasteiger partial charge is 0.394 e. The number of aliphatic hydroxyl groups is 2. The molecule has 15 heavy (non-hydrogen) atoms. The van der Waals surface area contributed by atoms with E-state index in [1.54, 1.807) is 0 Å². The normalized spacial score (nSPS) is 14.2. The average molecular weight is 240 g/mol. The van der Waals surface area contributed by atoms with Crippen LogP contribution in [0.1, 0.15) is 6.42 Å². The Bertz CT molecular complexity index is 152. The molecule has 0 fully saturated rings. The zero-order valence-electron chi connectivity index (χ0n) is 9.18. The van der Waals surface area contributed by atoms with Crippen LogP contribution < -0.4 is 0 Å². The first-order valence-corrected chi connectivity index (χ1v) is 6.74.